The Morgan fingerprint density at radius 1 is 1.12 bits per heavy atom. The maximum Gasteiger partial charge on any atom is 0.269 e. The molecule has 0 amide bonds. The van der Waals surface area contributed by atoms with Crippen LogP contribution in [0.1, 0.15) is 19.3 Å². The van der Waals surface area contributed by atoms with Gasteiger partial charge in [0.25, 0.3) is 5.69 Å². The van der Waals surface area contributed by atoms with E-state index in [4.69, 9.17) is 4.74 Å². The van der Waals surface area contributed by atoms with Gasteiger partial charge in [-0.1, -0.05) is 0 Å². The average molecular weight is 369 g/mol. The molecule has 138 valence electrons. The smallest absolute Gasteiger partial charge is 0.269 e. The first-order chi connectivity index (χ1) is 12.0. The molecule has 0 spiro atoms. The Hall–Kier alpha value is -1.55. The molecule has 0 N–H and O–H groups in total. The quantitative estimate of drug-likeness (QED) is 0.576. The van der Waals surface area contributed by atoms with Crippen LogP contribution < -0.4 is 0 Å². The van der Waals surface area contributed by atoms with Crippen molar-refractivity contribution in [1.82, 2.24) is 9.21 Å². The minimum atomic E-state index is -3.61. The van der Waals surface area contributed by atoms with Gasteiger partial charge in [-0.2, -0.15) is 4.31 Å². The molecule has 8 nitrogen and oxygen atoms in total. The second-order valence-corrected chi connectivity index (χ2v) is 8.38. The van der Waals surface area contributed by atoms with Crippen LogP contribution in [0.25, 0.3) is 0 Å². The summed E-state index contributed by atoms with van der Waals surface area (Å²) in [6, 6.07) is 5.05. The van der Waals surface area contributed by atoms with E-state index in [0.717, 1.165) is 26.0 Å². The van der Waals surface area contributed by atoms with Crippen LogP contribution in [-0.4, -0.2) is 68.0 Å². The summed E-state index contributed by atoms with van der Waals surface area (Å²) in [5, 5.41) is 10.7. The van der Waals surface area contributed by atoms with Crippen LogP contribution in [0.5, 0.6) is 0 Å². The van der Waals surface area contributed by atoms with Gasteiger partial charge in [0, 0.05) is 51.5 Å². The monoisotopic (exact) mass is 369 g/mol. The first-order valence-corrected chi connectivity index (χ1v) is 9.99. The lowest BCUT2D eigenvalue weighted by atomic mass is 10.1. The van der Waals surface area contributed by atoms with Gasteiger partial charge < -0.3 is 4.74 Å². The average Bonchev–Trinajstić information content (AvgIpc) is 2.63. The van der Waals surface area contributed by atoms with E-state index in [-0.39, 0.29) is 16.7 Å². The zero-order valence-corrected chi connectivity index (χ0v) is 14.9. The molecule has 0 unspecified atom stereocenters. The van der Waals surface area contributed by atoms with Gasteiger partial charge in [0.2, 0.25) is 10.0 Å². The number of non-ortho nitro benzene ring substituents is 1. The minimum Gasteiger partial charge on any atom is -0.377 e. The summed E-state index contributed by atoms with van der Waals surface area (Å²) in [7, 11) is -3.61. The largest absolute Gasteiger partial charge is 0.377 e. The predicted octanol–water partition coefficient (Wildman–Crippen LogP) is 1.47. The van der Waals surface area contributed by atoms with Crippen molar-refractivity contribution in [3.05, 3.63) is 34.4 Å². The lowest BCUT2D eigenvalue weighted by Gasteiger charge is -2.36. The summed E-state index contributed by atoms with van der Waals surface area (Å²) in [6.45, 7) is 3.86. The molecule has 1 aromatic rings. The van der Waals surface area contributed by atoms with E-state index in [2.05, 4.69) is 4.90 Å². The van der Waals surface area contributed by atoms with E-state index >= 15 is 0 Å². The fraction of sp³-hybridized carbons (Fsp3) is 0.625. The molecule has 0 bridgehead atoms. The van der Waals surface area contributed by atoms with Crippen LogP contribution in [0.15, 0.2) is 29.2 Å². The highest BCUT2D eigenvalue weighted by Crippen LogP contribution is 2.21. The van der Waals surface area contributed by atoms with Crippen LogP contribution >= 0.6 is 0 Å². The Labute approximate surface area is 147 Å². The highest BCUT2D eigenvalue weighted by Gasteiger charge is 2.30. The normalized spacial score (nSPS) is 23.4. The van der Waals surface area contributed by atoms with Gasteiger partial charge in [-0.3, -0.25) is 15.0 Å². The van der Waals surface area contributed by atoms with Crippen molar-refractivity contribution in [2.24, 2.45) is 0 Å². The number of rotatable bonds is 5. The molecule has 0 saturated carbocycles. The van der Waals surface area contributed by atoms with Crippen molar-refractivity contribution in [3.63, 3.8) is 0 Å². The second-order valence-electron chi connectivity index (χ2n) is 6.44. The number of sulfonamides is 1. The standard InChI is InChI=1S/C16H23N3O5S/c20-19(21)14-4-6-16(7-5-14)25(22,23)18-10-8-17(9-11-18)13-15-3-1-2-12-24-15/h4-7,15H,1-3,8-13H2/t15-/m0/s1. The predicted molar refractivity (Wildman–Crippen MR) is 91.9 cm³/mol. The van der Waals surface area contributed by atoms with Crippen molar-refractivity contribution in [2.75, 3.05) is 39.3 Å². The molecule has 9 heteroatoms. The van der Waals surface area contributed by atoms with Crippen LogP contribution in [0, 0.1) is 10.1 Å². The van der Waals surface area contributed by atoms with Gasteiger partial charge in [-0.25, -0.2) is 8.42 Å². The molecular formula is C16H23N3O5S. The molecule has 0 aromatic heterocycles. The second kappa shape index (κ2) is 7.77. The highest BCUT2D eigenvalue weighted by atomic mass is 32.2. The summed E-state index contributed by atoms with van der Waals surface area (Å²) in [6.07, 6.45) is 3.64. The third-order valence-corrected chi connectivity index (χ3v) is 6.67. The third-order valence-electron chi connectivity index (χ3n) is 4.75. The summed E-state index contributed by atoms with van der Waals surface area (Å²) >= 11 is 0. The Bertz CT molecular complexity index is 693. The molecule has 2 saturated heterocycles. The van der Waals surface area contributed by atoms with E-state index in [1.165, 1.54) is 35.0 Å². The summed E-state index contributed by atoms with van der Waals surface area (Å²) in [5.74, 6) is 0. The molecule has 0 radical (unpaired) electrons. The van der Waals surface area contributed by atoms with Crippen molar-refractivity contribution in [2.45, 2.75) is 30.3 Å². The van der Waals surface area contributed by atoms with E-state index in [0.29, 0.717) is 26.2 Å². The van der Waals surface area contributed by atoms with Gasteiger partial charge in [0.05, 0.1) is 15.9 Å². The number of benzene rings is 1. The molecule has 2 aliphatic heterocycles. The highest BCUT2D eigenvalue weighted by molar-refractivity contribution is 7.89. The topological polar surface area (TPSA) is 93.0 Å². The van der Waals surface area contributed by atoms with Gasteiger partial charge >= 0.3 is 0 Å². The van der Waals surface area contributed by atoms with Crippen LogP contribution in [0.2, 0.25) is 0 Å². The summed E-state index contributed by atoms with van der Waals surface area (Å²) < 4.78 is 32.6. The Balaban J connectivity index is 1.58. The van der Waals surface area contributed by atoms with Gasteiger partial charge in [0.15, 0.2) is 0 Å². The lowest BCUT2D eigenvalue weighted by Crippen LogP contribution is -2.50. The summed E-state index contributed by atoms with van der Waals surface area (Å²) in [5.41, 5.74) is -0.115. The fourth-order valence-corrected chi connectivity index (χ4v) is 4.70. The van der Waals surface area contributed by atoms with E-state index in [1.54, 1.807) is 0 Å². The Morgan fingerprint density at radius 3 is 2.36 bits per heavy atom. The molecule has 1 aromatic carbocycles. The van der Waals surface area contributed by atoms with Crippen LogP contribution in [0.3, 0.4) is 0 Å². The van der Waals surface area contributed by atoms with Gasteiger partial charge in [0.1, 0.15) is 0 Å². The van der Waals surface area contributed by atoms with Crippen molar-refractivity contribution in [3.8, 4) is 0 Å². The van der Waals surface area contributed by atoms with E-state index < -0.39 is 14.9 Å². The fourth-order valence-electron chi connectivity index (χ4n) is 3.28. The molecule has 2 fully saturated rings. The van der Waals surface area contributed by atoms with Crippen molar-refractivity contribution >= 4 is 15.7 Å². The van der Waals surface area contributed by atoms with Crippen molar-refractivity contribution < 1.29 is 18.1 Å². The third kappa shape index (κ3) is 4.35. The number of nitro groups is 1. The molecular weight excluding hydrogens is 346 g/mol. The maximum absolute atomic E-state index is 12.7. The molecule has 2 aliphatic rings. The molecule has 25 heavy (non-hydrogen) atoms. The van der Waals surface area contributed by atoms with Gasteiger partial charge in [-0.15, -0.1) is 0 Å². The first kappa shape index (κ1) is 18.2. The van der Waals surface area contributed by atoms with Gasteiger partial charge in [-0.05, 0) is 31.4 Å². The first-order valence-electron chi connectivity index (χ1n) is 8.55. The summed E-state index contributed by atoms with van der Waals surface area (Å²) in [4.78, 5) is 12.5. The number of nitro benzene ring substituents is 1. The number of hydrogen-bond acceptors (Lipinski definition) is 6. The molecule has 0 aliphatic carbocycles. The molecule has 3 rings (SSSR count). The SMILES string of the molecule is O=[N+]([O-])c1ccc(S(=O)(=O)N2CCN(C[C@@H]3CCCCO3)CC2)cc1. The lowest BCUT2D eigenvalue weighted by molar-refractivity contribution is -0.384. The Morgan fingerprint density at radius 2 is 1.80 bits per heavy atom. The van der Waals surface area contributed by atoms with Crippen molar-refractivity contribution in [1.29, 1.82) is 0 Å². The number of ether oxygens (including phenoxy) is 1. The zero-order chi connectivity index (χ0) is 17.9. The Kier molecular flexibility index (Phi) is 5.67. The number of nitrogens with zero attached hydrogens (tertiary/aromatic N) is 3. The molecule has 1 atom stereocenters. The number of hydrogen-bond donors (Lipinski definition) is 0. The van der Waals surface area contributed by atoms with Crippen LogP contribution in [0.4, 0.5) is 5.69 Å². The van der Waals surface area contributed by atoms with E-state index in [9.17, 15) is 18.5 Å². The van der Waals surface area contributed by atoms with E-state index in [1.807, 2.05) is 0 Å². The maximum atomic E-state index is 12.7. The number of piperazine rings is 1. The van der Waals surface area contributed by atoms with Crippen LogP contribution in [-0.2, 0) is 14.8 Å². The minimum absolute atomic E-state index is 0.0992. The molecule has 2 heterocycles. The zero-order valence-electron chi connectivity index (χ0n) is 14.0.